The van der Waals surface area contributed by atoms with Gasteiger partial charge in [0, 0.05) is 40.0 Å². The van der Waals surface area contributed by atoms with E-state index in [-0.39, 0.29) is 24.0 Å². The smallest absolute Gasteiger partial charge is 0.225 e. The maximum atomic E-state index is 13.4. The standard InChI is InChI=1S/C26H28ClN5O2S/c1-14-16(3)35-26-23(14)24(19-5-7-20(27)8-6-19)28-21(25-30-29-17(4)32(25)26)13-22(34)31-11-9-18(10-12-31)15(2)33/h5-8,18,21H,9-13H2,1-4H3/t21-/m0/s1. The van der Waals surface area contributed by atoms with E-state index in [1.165, 1.54) is 4.88 Å². The number of thiophene rings is 1. The Balaban J connectivity index is 1.56. The average molecular weight is 510 g/mol. The lowest BCUT2D eigenvalue weighted by molar-refractivity contribution is -0.135. The number of piperidine rings is 1. The average Bonchev–Trinajstić information content (AvgIpc) is 3.31. The summed E-state index contributed by atoms with van der Waals surface area (Å²) >= 11 is 7.87. The molecule has 0 spiro atoms. The number of amides is 1. The minimum Gasteiger partial charge on any atom is -0.343 e. The molecule has 1 aromatic carbocycles. The summed E-state index contributed by atoms with van der Waals surface area (Å²) in [6.45, 7) is 8.99. The molecule has 3 aromatic rings. The van der Waals surface area contributed by atoms with E-state index in [4.69, 9.17) is 16.6 Å². The Bertz CT molecular complexity index is 1330. The van der Waals surface area contributed by atoms with Crippen molar-refractivity contribution in [2.75, 3.05) is 13.1 Å². The van der Waals surface area contributed by atoms with Gasteiger partial charge in [-0.3, -0.25) is 19.1 Å². The number of carbonyl (C=O) groups excluding carboxylic acids is 2. The number of benzene rings is 1. The molecule has 1 amide bonds. The number of aliphatic imine (C=N–C) groups is 1. The lowest BCUT2D eigenvalue weighted by Gasteiger charge is -2.31. The zero-order chi connectivity index (χ0) is 24.9. The van der Waals surface area contributed by atoms with Gasteiger partial charge in [0.05, 0.1) is 12.1 Å². The quantitative estimate of drug-likeness (QED) is 0.494. The number of rotatable bonds is 4. The van der Waals surface area contributed by atoms with Crippen LogP contribution < -0.4 is 0 Å². The van der Waals surface area contributed by atoms with Gasteiger partial charge in [0.2, 0.25) is 5.91 Å². The van der Waals surface area contributed by atoms with Gasteiger partial charge in [-0.1, -0.05) is 23.7 Å². The van der Waals surface area contributed by atoms with Gasteiger partial charge in [0.15, 0.2) is 5.82 Å². The predicted octanol–water partition coefficient (Wildman–Crippen LogP) is 5.02. The van der Waals surface area contributed by atoms with Crippen molar-refractivity contribution in [3.8, 4) is 5.00 Å². The molecule has 1 atom stereocenters. The van der Waals surface area contributed by atoms with Crippen molar-refractivity contribution < 1.29 is 9.59 Å². The van der Waals surface area contributed by atoms with Crippen LogP contribution in [0.4, 0.5) is 0 Å². The molecule has 1 saturated heterocycles. The number of aryl methyl sites for hydroxylation is 2. The first-order valence-corrected chi connectivity index (χ1v) is 13.1. The van der Waals surface area contributed by atoms with Gasteiger partial charge < -0.3 is 4.90 Å². The lowest BCUT2D eigenvalue weighted by Crippen LogP contribution is -2.40. The molecule has 5 rings (SSSR count). The Hall–Kier alpha value is -2.84. The van der Waals surface area contributed by atoms with Gasteiger partial charge in [0.25, 0.3) is 0 Å². The maximum Gasteiger partial charge on any atom is 0.225 e. The van der Waals surface area contributed by atoms with E-state index in [1.807, 2.05) is 36.1 Å². The molecule has 0 aliphatic carbocycles. The summed E-state index contributed by atoms with van der Waals surface area (Å²) in [5.41, 5.74) is 4.01. The van der Waals surface area contributed by atoms with E-state index in [1.54, 1.807) is 18.3 Å². The second kappa shape index (κ2) is 9.32. The molecule has 2 aliphatic heterocycles. The summed E-state index contributed by atoms with van der Waals surface area (Å²) in [6.07, 6.45) is 1.64. The van der Waals surface area contributed by atoms with Gasteiger partial charge in [-0.15, -0.1) is 21.5 Å². The van der Waals surface area contributed by atoms with Crippen LogP contribution >= 0.6 is 22.9 Å². The summed E-state index contributed by atoms with van der Waals surface area (Å²) < 4.78 is 2.06. The third kappa shape index (κ3) is 4.34. The maximum absolute atomic E-state index is 13.4. The van der Waals surface area contributed by atoms with Crippen LogP contribution in [0.15, 0.2) is 29.3 Å². The molecule has 9 heteroatoms. The topological polar surface area (TPSA) is 80.5 Å². The number of likely N-dealkylation sites (tertiary alicyclic amines) is 1. The Morgan fingerprint density at radius 1 is 1.09 bits per heavy atom. The molecule has 0 saturated carbocycles. The first-order valence-electron chi connectivity index (χ1n) is 11.9. The van der Waals surface area contributed by atoms with Crippen LogP contribution in [0.3, 0.4) is 0 Å². The second-order valence-corrected chi connectivity index (χ2v) is 11.0. The van der Waals surface area contributed by atoms with Crippen LogP contribution in [0.5, 0.6) is 0 Å². The molecular weight excluding hydrogens is 482 g/mol. The number of nitrogens with zero attached hydrogens (tertiary/aromatic N) is 5. The minimum atomic E-state index is -0.473. The molecule has 2 aromatic heterocycles. The summed E-state index contributed by atoms with van der Waals surface area (Å²) in [5.74, 6) is 1.75. The highest BCUT2D eigenvalue weighted by Gasteiger charge is 2.34. The number of hydrogen-bond donors (Lipinski definition) is 0. The molecule has 0 bridgehead atoms. The predicted molar refractivity (Wildman–Crippen MR) is 138 cm³/mol. The molecule has 2 aliphatic rings. The van der Waals surface area contributed by atoms with Crippen molar-refractivity contribution in [3.63, 3.8) is 0 Å². The van der Waals surface area contributed by atoms with Gasteiger partial charge in [-0.25, -0.2) is 0 Å². The Kier molecular flexibility index (Phi) is 6.36. The van der Waals surface area contributed by atoms with Crippen molar-refractivity contribution in [2.24, 2.45) is 10.9 Å². The Labute approximate surface area is 213 Å². The van der Waals surface area contributed by atoms with Crippen molar-refractivity contribution in [1.82, 2.24) is 19.7 Å². The molecule has 7 nitrogen and oxygen atoms in total. The summed E-state index contributed by atoms with van der Waals surface area (Å²) in [6, 6.07) is 7.20. The van der Waals surface area contributed by atoms with E-state index in [0.717, 1.165) is 46.1 Å². The molecule has 4 heterocycles. The van der Waals surface area contributed by atoms with Crippen LogP contribution in [-0.4, -0.2) is 50.2 Å². The number of fused-ring (bicyclic) bond motifs is 3. The SMILES string of the molecule is CC(=O)C1CCN(C(=O)C[C@@H]2N=C(c3ccc(Cl)cc3)c3c(sc(C)c3C)-n3c(C)nnc32)CC1. The Morgan fingerprint density at radius 3 is 2.43 bits per heavy atom. The largest absolute Gasteiger partial charge is 0.343 e. The van der Waals surface area contributed by atoms with Gasteiger partial charge >= 0.3 is 0 Å². The van der Waals surface area contributed by atoms with Gasteiger partial charge in [0.1, 0.15) is 22.7 Å². The number of Topliss-reactive ketones (excluding diaryl/α,β-unsaturated/α-hetero) is 1. The fraction of sp³-hybridized carbons (Fsp3) is 0.423. The molecule has 35 heavy (non-hydrogen) atoms. The number of halogens is 1. The monoisotopic (exact) mass is 509 g/mol. The van der Waals surface area contributed by atoms with E-state index < -0.39 is 6.04 Å². The minimum absolute atomic E-state index is 0.0292. The highest BCUT2D eigenvalue weighted by Crippen LogP contribution is 2.39. The summed E-state index contributed by atoms with van der Waals surface area (Å²) in [7, 11) is 0. The first kappa shape index (κ1) is 23.9. The molecule has 0 N–H and O–H groups in total. The second-order valence-electron chi connectivity index (χ2n) is 9.37. The molecule has 0 radical (unpaired) electrons. The molecular formula is C26H28ClN5O2S. The van der Waals surface area contributed by atoms with Crippen LogP contribution in [0.2, 0.25) is 5.02 Å². The number of aromatic nitrogens is 3. The van der Waals surface area contributed by atoms with Crippen molar-refractivity contribution in [1.29, 1.82) is 0 Å². The molecule has 1 fully saturated rings. The number of carbonyl (C=O) groups is 2. The van der Waals surface area contributed by atoms with Crippen molar-refractivity contribution in [2.45, 2.75) is 53.0 Å². The fourth-order valence-corrected chi connectivity index (χ4v) is 6.30. The zero-order valence-corrected chi connectivity index (χ0v) is 21.9. The summed E-state index contributed by atoms with van der Waals surface area (Å²) in [4.78, 5) is 33.4. The van der Waals surface area contributed by atoms with E-state index in [9.17, 15) is 9.59 Å². The van der Waals surface area contributed by atoms with Crippen LogP contribution in [-0.2, 0) is 9.59 Å². The van der Waals surface area contributed by atoms with Crippen molar-refractivity contribution >= 4 is 40.3 Å². The summed E-state index contributed by atoms with van der Waals surface area (Å²) in [5, 5.41) is 10.5. The van der Waals surface area contributed by atoms with Gasteiger partial charge in [-0.2, -0.15) is 0 Å². The number of ketones is 1. The highest BCUT2D eigenvalue weighted by atomic mass is 35.5. The number of hydrogen-bond acceptors (Lipinski definition) is 6. The molecule has 182 valence electrons. The van der Waals surface area contributed by atoms with E-state index in [2.05, 4.69) is 28.6 Å². The highest BCUT2D eigenvalue weighted by molar-refractivity contribution is 7.15. The van der Waals surface area contributed by atoms with E-state index in [0.29, 0.717) is 23.9 Å². The van der Waals surface area contributed by atoms with E-state index >= 15 is 0 Å². The normalized spacial score (nSPS) is 18.0. The third-order valence-corrected chi connectivity index (χ3v) is 8.59. The fourth-order valence-electron chi connectivity index (χ4n) is 4.96. The third-order valence-electron chi connectivity index (χ3n) is 7.15. The van der Waals surface area contributed by atoms with Crippen LogP contribution in [0.25, 0.3) is 5.00 Å². The van der Waals surface area contributed by atoms with Gasteiger partial charge in [-0.05, 0) is 58.2 Å². The molecule has 0 unspecified atom stereocenters. The van der Waals surface area contributed by atoms with Crippen LogP contribution in [0, 0.1) is 26.7 Å². The van der Waals surface area contributed by atoms with Crippen LogP contribution in [0.1, 0.15) is 65.4 Å². The lowest BCUT2D eigenvalue weighted by atomic mass is 9.93. The zero-order valence-electron chi connectivity index (χ0n) is 20.3. The first-order chi connectivity index (χ1) is 16.7. The van der Waals surface area contributed by atoms with Crippen molar-refractivity contribution in [3.05, 3.63) is 62.5 Å². The Morgan fingerprint density at radius 2 is 1.77 bits per heavy atom.